The minimum atomic E-state index is -1.16. The Bertz CT molecular complexity index is 751. The van der Waals surface area contributed by atoms with Gasteiger partial charge in [0.1, 0.15) is 25.1 Å². The van der Waals surface area contributed by atoms with Gasteiger partial charge in [-0.25, -0.2) is 4.79 Å². The Kier molecular flexibility index (Phi) is 8.32. The molecule has 1 atom stereocenters. The van der Waals surface area contributed by atoms with Gasteiger partial charge in [0.15, 0.2) is 0 Å². The van der Waals surface area contributed by atoms with Crippen molar-refractivity contribution < 1.29 is 23.9 Å². The van der Waals surface area contributed by atoms with Crippen LogP contribution in [0.2, 0.25) is 0 Å². The third kappa shape index (κ3) is 7.50. The predicted molar refractivity (Wildman–Crippen MR) is 99.7 cm³/mol. The minimum absolute atomic E-state index is 0.0337. The van der Waals surface area contributed by atoms with Crippen LogP contribution >= 0.6 is 11.6 Å². The van der Waals surface area contributed by atoms with Crippen LogP contribution in [0.3, 0.4) is 0 Å². The van der Waals surface area contributed by atoms with Gasteiger partial charge < -0.3 is 14.8 Å². The zero-order chi connectivity index (χ0) is 19.5. The molecular weight excluding hydrogens is 370 g/mol. The first-order chi connectivity index (χ1) is 13.1. The first-order valence-electron chi connectivity index (χ1n) is 8.34. The van der Waals surface area contributed by atoms with Gasteiger partial charge in [0.25, 0.3) is 0 Å². The molecule has 2 aromatic carbocycles. The van der Waals surface area contributed by atoms with Crippen LogP contribution in [0.25, 0.3) is 0 Å². The lowest BCUT2D eigenvalue weighted by Crippen LogP contribution is -2.44. The van der Waals surface area contributed by atoms with Crippen molar-refractivity contribution in [2.75, 3.05) is 5.88 Å². The van der Waals surface area contributed by atoms with Crippen LogP contribution in [0.15, 0.2) is 60.7 Å². The number of nitrogens with one attached hydrogen (secondary N) is 1. The molecule has 0 heterocycles. The van der Waals surface area contributed by atoms with E-state index in [4.69, 9.17) is 21.1 Å². The van der Waals surface area contributed by atoms with Crippen LogP contribution in [-0.2, 0) is 37.1 Å². The van der Waals surface area contributed by atoms with Crippen molar-refractivity contribution in [2.24, 2.45) is 0 Å². The second kappa shape index (κ2) is 11.0. The molecule has 0 radical (unpaired) electrons. The molecule has 142 valence electrons. The Hall–Kier alpha value is -2.86. The average molecular weight is 390 g/mol. The SMILES string of the molecule is O=C(CCl)N[C@@H](CC(=O)OCc1ccccc1)C(=O)OCc1ccccc1. The molecule has 0 aliphatic heterocycles. The summed E-state index contributed by atoms with van der Waals surface area (Å²) in [5, 5.41) is 2.39. The molecule has 2 rings (SSSR count). The Balaban J connectivity index is 1.90. The summed E-state index contributed by atoms with van der Waals surface area (Å²) in [6.07, 6.45) is -0.344. The highest BCUT2D eigenvalue weighted by atomic mass is 35.5. The molecule has 6 nitrogen and oxygen atoms in total. The lowest BCUT2D eigenvalue weighted by molar-refractivity contribution is -0.155. The number of carbonyl (C=O) groups excluding carboxylic acids is 3. The maximum atomic E-state index is 12.3. The third-order valence-corrected chi connectivity index (χ3v) is 3.82. The van der Waals surface area contributed by atoms with E-state index in [0.29, 0.717) is 0 Å². The highest BCUT2D eigenvalue weighted by molar-refractivity contribution is 6.27. The van der Waals surface area contributed by atoms with Gasteiger partial charge >= 0.3 is 11.9 Å². The van der Waals surface area contributed by atoms with E-state index in [1.165, 1.54) is 0 Å². The summed E-state index contributed by atoms with van der Waals surface area (Å²) in [5.74, 6) is -2.26. The minimum Gasteiger partial charge on any atom is -0.461 e. The van der Waals surface area contributed by atoms with Gasteiger partial charge in [0.05, 0.1) is 6.42 Å². The Morgan fingerprint density at radius 3 is 1.89 bits per heavy atom. The van der Waals surface area contributed by atoms with Gasteiger partial charge in [-0.2, -0.15) is 0 Å². The van der Waals surface area contributed by atoms with Gasteiger partial charge in [-0.15, -0.1) is 11.6 Å². The van der Waals surface area contributed by atoms with Crippen LogP contribution in [-0.4, -0.2) is 29.8 Å². The van der Waals surface area contributed by atoms with E-state index in [9.17, 15) is 14.4 Å². The van der Waals surface area contributed by atoms with Crippen LogP contribution in [0.1, 0.15) is 17.5 Å². The molecule has 0 aliphatic rings. The number of alkyl halides is 1. The van der Waals surface area contributed by atoms with Gasteiger partial charge in [-0.3, -0.25) is 9.59 Å². The molecule has 2 aromatic rings. The van der Waals surface area contributed by atoms with Crippen molar-refractivity contribution in [3.05, 3.63) is 71.8 Å². The smallest absolute Gasteiger partial charge is 0.329 e. The van der Waals surface area contributed by atoms with Crippen molar-refractivity contribution in [2.45, 2.75) is 25.7 Å². The fourth-order valence-corrected chi connectivity index (χ4v) is 2.30. The fraction of sp³-hybridized carbons (Fsp3) is 0.250. The molecule has 1 amide bonds. The predicted octanol–water partition coefficient (Wildman–Crippen LogP) is 2.59. The maximum Gasteiger partial charge on any atom is 0.329 e. The van der Waals surface area contributed by atoms with E-state index < -0.39 is 23.9 Å². The number of rotatable bonds is 9. The second-order valence-electron chi connectivity index (χ2n) is 5.70. The first-order valence-corrected chi connectivity index (χ1v) is 8.87. The number of hydrogen-bond donors (Lipinski definition) is 1. The monoisotopic (exact) mass is 389 g/mol. The maximum absolute atomic E-state index is 12.3. The normalized spacial score (nSPS) is 11.3. The zero-order valence-corrected chi connectivity index (χ0v) is 15.4. The van der Waals surface area contributed by atoms with Gasteiger partial charge in [0.2, 0.25) is 5.91 Å². The summed E-state index contributed by atoms with van der Waals surface area (Å²) in [4.78, 5) is 35.9. The van der Waals surface area contributed by atoms with Crippen LogP contribution in [0, 0.1) is 0 Å². The Labute approximate surface area is 162 Å². The van der Waals surface area contributed by atoms with Crippen LogP contribution < -0.4 is 5.32 Å². The number of esters is 2. The second-order valence-corrected chi connectivity index (χ2v) is 5.96. The Morgan fingerprint density at radius 2 is 1.37 bits per heavy atom. The van der Waals surface area contributed by atoms with Crippen molar-refractivity contribution in [3.8, 4) is 0 Å². The standard InChI is InChI=1S/C20H20ClNO5/c21-12-18(23)22-17(20(25)27-14-16-9-5-2-6-10-16)11-19(24)26-13-15-7-3-1-4-8-15/h1-10,17H,11-14H2,(H,22,23)/t17-/m0/s1. The van der Waals surface area contributed by atoms with E-state index in [1.54, 1.807) is 12.1 Å². The molecule has 7 heteroatoms. The molecule has 0 spiro atoms. The molecular formula is C20H20ClNO5. The highest BCUT2D eigenvalue weighted by Gasteiger charge is 2.26. The summed E-state index contributed by atoms with van der Waals surface area (Å²) >= 11 is 5.47. The number of amides is 1. The molecule has 1 N–H and O–H groups in total. The average Bonchev–Trinajstić information content (AvgIpc) is 2.71. The zero-order valence-electron chi connectivity index (χ0n) is 14.6. The highest BCUT2D eigenvalue weighted by Crippen LogP contribution is 2.07. The van der Waals surface area contributed by atoms with Gasteiger partial charge in [-0.05, 0) is 11.1 Å². The Morgan fingerprint density at radius 1 is 0.852 bits per heavy atom. The van der Waals surface area contributed by atoms with Crippen molar-refractivity contribution in [3.63, 3.8) is 0 Å². The largest absolute Gasteiger partial charge is 0.461 e. The summed E-state index contributed by atoms with van der Waals surface area (Å²) in [5.41, 5.74) is 1.61. The number of halogens is 1. The summed E-state index contributed by atoms with van der Waals surface area (Å²) < 4.78 is 10.4. The molecule has 0 saturated heterocycles. The summed E-state index contributed by atoms with van der Waals surface area (Å²) in [7, 11) is 0. The number of benzene rings is 2. The topological polar surface area (TPSA) is 81.7 Å². The van der Waals surface area contributed by atoms with E-state index in [1.807, 2.05) is 48.5 Å². The molecule has 0 saturated carbocycles. The van der Waals surface area contributed by atoms with E-state index in [-0.39, 0.29) is 25.5 Å². The third-order valence-electron chi connectivity index (χ3n) is 3.58. The fourth-order valence-electron chi connectivity index (χ4n) is 2.22. The summed E-state index contributed by atoms with van der Waals surface area (Å²) in [6.45, 7) is 0.112. The quantitative estimate of drug-likeness (QED) is 0.526. The number of hydrogen-bond acceptors (Lipinski definition) is 5. The van der Waals surface area contributed by atoms with E-state index in [0.717, 1.165) is 11.1 Å². The van der Waals surface area contributed by atoms with Crippen molar-refractivity contribution in [1.29, 1.82) is 0 Å². The molecule has 0 unspecified atom stereocenters. The molecule has 0 fully saturated rings. The molecule has 27 heavy (non-hydrogen) atoms. The number of carbonyl (C=O) groups is 3. The number of ether oxygens (including phenoxy) is 2. The first kappa shape index (κ1) is 20.5. The van der Waals surface area contributed by atoms with E-state index in [2.05, 4.69) is 5.32 Å². The molecule has 0 aliphatic carbocycles. The molecule has 0 bridgehead atoms. The van der Waals surface area contributed by atoms with E-state index >= 15 is 0 Å². The van der Waals surface area contributed by atoms with Crippen molar-refractivity contribution in [1.82, 2.24) is 5.32 Å². The van der Waals surface area contributed by atoms with Gasteiger partial charge in [0, 0.05) is 0 Å². The summed E-state index contributed by atoms with van der Waals surface area (Å²) in [6, 6.07) is 17.0. The molecule has 0 aromatic heterocycles. The van der Waals surface area contributed by atoms with Crippen LogP contribution in [0.4, 0.5) is 0 Å². The lowest BCUT2D eigenvalue weighted by atomic mass is 10.2. The van der Waals surface area contributed by atoms with Crippen LogP contribution in [0.5, 0.6) is 0 Å². The van der Waals surface area contributed by atoms with Gasteiger partial charge in [-0.1, -0.05) is 60.7 Å². The van der Waals surface area contributed by atoms with Crippen molar-refractivity contribution >= 4 is 29.4 Å². The lowest BCUT2D eigenvalue weighted by Gasteiger charge is -2.16.